The summed E-state index contributed by atoms with van der Waals surface area (Å²) >= 11 is 0. The number of carbonyl (C=O) groups excluding carboxylic acids is 2. The number of H-pyrrole nitrogens is 1. The van der Waals surface area contributed by atoms with Gasteiger partial charge < -0.3 is 20.4 Å². The molecule has 4 rings (SSSR count). The summed E-state index contributed by atoms with van der Waals surface area (Å²) in [6.07, 6.45) is 1.78. The van der Waals surface area contributed by atoms with Crippen molar-refractivity contribution in [3.05, 3.63) is 69.1 Å². The number of amides is 2. The second-order valence-corrected chi connectivity index (χ2v) is 10.3. The van der Waals surface area contributed by atoms with E-state index in [-0.39, 0.29) is 35.2 Å². The summed E-state index contributed by atoms with van der Waals surface area (Å²) in [6.45, 7) is 4.77. The monoisotopic (exact) mass is 548 g/mol. The predicted octanol–water partition coefficient (Wildman–Crippen LogP) is 3.50. The molecule has 39 heavy (non-hydrogen) atoms. The van der Waals surface area contributed by atoms with Gasteiger partial charge in [-0.05, 0) is 44.9 Å². The van der Waals surface area contributed by atoms with E-state index in [1.54, 1.807) is 19.2 Å². The average Bonchev–Trinajstić information content (AvgIpc) is 3.31. The molecule has 1 aliphatic carbocycles. The number of nitrogens with one attached hydrogen (secondary N) is 3. The van der Waals surface area contributed by atoms with Crippen LogP contribution in [0.5, 0.6) is 0 Å². The van der Waals surface area contributed by atoms with Crippen molar-refractivity contribution in [3.63, 3.8) is 0 Å². The molecule has 0 spiro atoms. The van der Waals surface area contributed by atoms with Crippen LogP contribution in [0.3, 0.4) is 0 Å². The first-order valence-electron chi connectivity index (χ1n) is 13.3. The highest BCUT2D eigenvalue weighted by molar-refractivity contribution is 5.96. The largest absolute Gasteiger partial charge is 0.416 e. The van der Waals surface area contributed by atoms with Crippen LogP contribution in [-0.2, 0) is 21.2 Å². The highest BCUT2D eigenvalue weighted by Crippen LogP contribution is 2.43. The van der Waals surface area contributed by atoms with Crippen molar-refractivity contribution in [1.82, 2.24) is 20.5 Å². The van der Waals surface area contributed by atoms with Crippen molar-refractivity contribution in [2.75, 3.05) is 26.2 Å². The number of aromatic amines is 1. The molecule has 11 heteroatoms. The summed E-state index contributed by atoms with van der Waals surface area (Å²) in [4.78, 5) is 43.4. The molecule has 212 valence electrons. The lowest BCUT2D eigenvalue weighted by molar-refractivity contribution is -0.137. The minimum atomic E-state index is -4.57. The first-order valence-corrected chi connectivity index (χ1v) is 13.3. The van der Waals surface area contributed by atoms with Crippen molar-refractivity contribution in [2.45, 2.75) is 69.8 Å². The summed E-state index contributed by atoms with van der Waals surface area (Å²) in [6, 6.07) is 5.38. The molecule has 2 aliphatic rings. The SMILES string of the molecule is CCO[C@@H]1CN(C2(c3cc(=O)c(C)c[nH]3)CCCCC2)C[C@@H]1NC(=O)CNC(=O)c1cccc(C(F)(F)F)c1. The summed E-state index contributed by atoms with van der Waals surface area (Å²) < 4.78 is 44.9. The fourth-order valence-corrected chi connectivity index (χ4v) is 5.71. The zero-order valence-electron chi connectivity index (χ0n) is 22.2. The molecule has 1 aliphatic heterocycles. The number of hydrogen-bond donors (Lipinski definition) is 3. The molecule has 2 atom stereocenters. The van der Waals surface area contributed by atoms with Gasteiger partial charge in [0.05, 0.1) is 29.8 Å². The average molecular weight is 549 g/mol. The molecule has 8 nitrogen and oxygen atoms in total. The second-order valence-electron chi connectivity index (χ2n) is 10.3. The summed E-state index contributed by atoms with van der Waals surface area (Å²) in [7, 11) is 0. The minimum absolute atomic E-state index is 0.0179. The summed E-state index contributed by atoms with van der Waals surface area (Å²) in [5.74, 6) is -1.23. The van der Waals surface area contributed by atoms with Gasteiger partial charge in [-0.1, -0.05) is 25.3 Å². The summed E-state index contributed by atoms with van der Waals surface area (Å²) in [5.41, 5.74) is 0.0112. The van der Waals surface area contributed by atoms with Crippen LogP contribution >= 0.6 is 0 Å². The Hall–Kier alpha value is -3.18. The Balaban J connectivity index is 1.44. The molecule has 0 unspecified atom stereocenters. The maximum absolute atomic E-state index is 13.0. The van der Waals surface area contributed by atoms with E-state index in [0.717, 1.165) is 56.0 Å². The Morgan fingerprint density at radius 3 is 2.56 bits per heavy atom. The van der Waals surface area contributed by atoms with E-state index in [2.05, 4.69) is 20.5 Å². The number of carbonyl (C=O) groups is 2. The van der Waals surface area contributed by atoms with Gasteiger partial charge in [-0.15, -0.1) is 0 Å². The highest BCUT2D eigenvalue weighted by Gasteiger charge is 2.47. The number of rotatable bonds is 8. The van der Waals surface area contributed by atoms with Gasteiger partial charge in [0.25, 0.3) is 5.91 Å². The molecular weight excluding hydrogens is 513 g/mol. The molecular formula is C28H35F3N4O4. The third-order valence-electron chi connectivity index (χ3n) is 7.75. The first kappa shape index (κ1) is 28.8. The van der Waals surface area contributed by atoms with Crippen LogP contribution in [0.1, 0.15) is 66.2 Å². The van der Waals surface area contributed by atoms with Crippen molar-refractivity contribution in [2.24, 2.45) is 0 Å². The smallest absolute Gasteiger partial charge is 0.375 e. The molecule has 1 saturated heterocycles. The number of aryl methyl sites for hydroxylation is 1. The van der Waals surface area contributed by atoms with Crippen molar-refractivity contribution in [3.8, 4) is 0 Å². The fourth-order valence-electron chi connectivity index (χ4n) is 5.71. The Morgan fingerprint density at radius 1 is 1.15 bits per heavy atom. The predicted molar refractivity (Wildman–Crippen MR) is 139 cm³/mol. The van der Waals surface area contributed by atoms with Crippen LogP contribution < -0.4 is 16.1 Å². The van der Waals surface area contributed by atoms with Gasteiger partial charge in [-0.2, -0.15) is 13.2 Å². The van der Waals surface area contributed by atoms with E-state index in [9.17, 15) is 27.6 Å². The number of ether oxygens (including phenoxy) is 1. The molecule has 1 aromatic carbocycles. The molecule has 2 aromatic rings. The van der Waals surface area contributed by atoms with Crippen molar-refractivity contribution >= 4 is 11.8 Å². The Bertz CT molecular complexity index is 1240. The number of alkyl halides is 3. The second kappa shape index (κ2) is 11.9. The fraction of sp³-hybridized carbons (Fsp3) is 0.536. The number of nitrogens with zero attached hydrogens (tertiary/aromatic N) is 1. The molecule has 0 bridgehead atoms. The zero-order chi connectivity index (χ0) is 28.2. The highest BCUT2D eigenvalue weighted by atomic mass is 19.4. The molecule has 0 radical (unpaired) electrons. The van der Waals surface area contributed by atoms with Crippen molar-refractivity contribution in [1.29, 1.82) is 0 Å². The zero-order valence-corrected chi connectivity index (χ0v) is 22.2. The van der Waals surface area contributed by atoms with Gasteiger partial charge >= 0.3 is 6.18 Å². The first-order chi connectivity index (χ1) is 18.5. The molecule has 1 saturated carbocycles. The quantitative estimate of drug-likeness (QED) is 0.469. The minimum Gasteiger partial charge on any atom is -0.375 e. The number of pyridine rings is 1. The standard InChI is InChI=1S/C28H35F3N4O4/c1-3-39-23-17-35(27(10-5-4-6-11-27)24-13-22(36)18(2)14-32-24)16-21(23)34-25(37)15-33-26(38)19-8-7-9-20(12-19)28(29,30)31/h7-9,12-14,21,23H,3-6,10-11,15-17H2,1-2H3,(H,32,36)(H,33,38)(H,34,37)/t21-,23+/m0/s1. The third kappa shape index (κ3) is 6.52. The normalized spacial score (nSPS) is 21.5. The van der Waals surface area contributed by atoms with Crippen LogP contribution in [0.15, 0.2) is 41.3 Å². The Kier molecular flexibility index (Phi) is 8.80. The van der Waals surface area contributed by atoms with Crippen molar-refractivity contribution < 1.29 is 27.5 Å². The Labute approximate surface area is 225 Å². The van der Waals surface area contributed by atoms with E-state index in [4.69, 9.17) is 4.74 Å². The molecule has 2 amide bonds. The van der Waals surface area contributed by atoms with Gasteiger partial charge in [-0.3, -0.25) is 19.3 Å². The topological polar surface area (TPSA) is 104 Å². The molecule has 1 aromatic heterocycles. The lowest BCUT2D eigenvalue weighted by Gasteiger charge is -2.45. The van der Waals surface area contributed by atoms with E-state index < -0.39 is 23.6 Å². The van der Waals surface area contributed by atoms with Crippen LogP contribution in [0.4, 0.5) is 13.2 Å². The van der Waals surface area contributed by atoms with Crippen LogP contribution in [0, 0.1) is 6.92 Å². The van der Waals surface area contributed by atoms with E-state index >= 15 is 0 Å². The van der Waals surface area contributed by atoms with Gasteiger partial charge in [-0.25, -0.2) is 0 Å². The van der Waals surface area contributed by atoms with Crippen LogP contribution in [-0.4, -0.2) is 60.1 Å². The lowest BCUT2D eigenvalue weighted by atomic mass is 9.77. The molecule has 2 fully saturated rings. The van der Waals surface area contributed by atoms with Gasteiger partial charge in [0.1, 0.15) is 0 Å². The van der Waals surface area contributed by atoms with E-state index in [1.165, 1.54) is 6.07 Å². The number of benzene rings is 1. The summed E-state index contributed by atoms with van der Waals surface area (Å²) in [5, 5.41) is 5.35. The van der Waals surface area contributed by atoms with Gasteiger partial charge in [0.2, 0.25) is 5.91 Å². The third-order valence-corrected chi connectivity index (χ3v) is 7.75. The maximum Gasteiger partial charge on any atom is 0.416 e. The number of halogens is 3. The van der Waals surface area contributed by atoms with Crippen LogP contribution in [0.2, 0.25) is 0 Å². The molecule has 3 N–H and O–H groups in total. The molecule has 2 heterocycles. The van der Waals surface area contributed by atoms with Gasteiger partial charge in [0.15, 0.2) is 5.43 Å². The van der Waals surface area contributed by atoms with E-state index in [0.29, 0.717) is 25.3 Å². The van der Waals surface area contributed by atoms with E-state index in [1.807, 2.05) is 6.92 Å². The lowest BCUT2D eigenvalue weighted by Crippen LogP contribution is -2.50. The number of hydrogen-bond acceptors (Lipinski definition) is 5. The number of likely N-dealkylation sites (tertiary alicyclic amines) is 1. The maximum atomic E-state index is 13.0. The van der Waals surface area contributed by atoms with Crippen LogP contribution in [0.25, 0.3) is 0 Å². The Morgan fingerprint density at radius 2 is 1.90 bits per heavy atom. The van der Waals surface area contributed by atoms with Gasteiger partial charge in [0, 0.05) is 48.8 Å². The number of aromatic nitrogens is 1.